The number of hydrogen-bond donors (Lipinski definition) is 3. The van der Waals surface area contributed by atoms with Gasteiger partial charge in [-0.15, -0.1) is 5.10 Å². The minimum Gasteiger partial charge on any atom is -0.504 e. The summed E-state index contributed by atoms with van der Waals surface area (Å²) in [6.07, 6.45) is 1.23. The Balaban J connectivity index is 1.85. The van der Waals surface area contributed by atoms with Crippen molar-refractivity contribution in [2.24, 2.45) is 5.10 Å². The van der Waals surface area contributed by atoms with Gasteiger partial charge in [-0.3, -0.25) is 4.79 Å². The van der Waals surface area contributed by atoms with Crippen molar-refractivity contribution in [1.82, 2.24) is 30.7 Å². The molecule has 0 atom stereocenters. The monoisotopic (exact) mass is 400 g/mol. The van der Waals surface area contributed by atoms with Gasteiger partial charge in [0.05, 0.1) is 18.5 Å². The Kier molecular flexibility index (Phi) is 5.71. The Morgan fingerprint density at radius 1 is 1.41 bits per heavy atom. The first-order valence-corrected chi connectivity index (χ1v) is 8.71. The summed E-state index contributed by atoms with van der Waals surface area (Å²) in [5.41, 5.74) is 9.94. The molecule has 0 spiro atoms. The van der Waals surface area contributed by atoms with E-state index in [1.165, 1.54) is 17.9 Å². The number of hydrazone groups is 1. The number of ether oxygens (including phenoxy) is 1. The highest BCUT2D eigenvalue weighted by atomic mass is 16.6. The number of carbonyl (C=O) groups excluding carboxylic acids is 1. The fraction of sp³-hybridized carbons (Fsp3) is 0.294. The minimum atomic E-state index is -0.542. The molecule has 0 fully saturated rings. The van der Waals surface area contributed by atoms with Crippen LogP contribution in [0.2, 0.25) is 0 Å². The Bertz CT molecular complexity index is 1060. The smallest absolute Gasteiger partial charge is 0.293 e. The van der Waals surface area contributed by atoms with Crippen molar-refractivity contribution in [3.63, 3.8) is 0 Å². The molecule has 12 heteroatoms. The Hall–Kier alpha value is -3.96. The highest BCUT2D eigenvalue weighted by Crippen LogP contribution is 2.26. The molecule has 4 N–H and O–H groups in total. The molecule has 1 aromatic carbocycles. The molecule has 0 aliphatic heterocycles. The molecular formula is C17H20N8O4. The van der Waals surface area contributed by atoms with E-state index in [-0.39, 0.29) is 23.1 Å². The first-order valence-electron chi connectivity index (χ1n) is 8.71. The number of nitrogen functional groups attached to an aromatic ring is 1. The second kappa shape index (κ2) is 8.37. The summed E-state index contributed by atoms with van der Waals surface area (Å²) in [7, 11) is 1.45. The van der Waals surface area contributed by atoms with Crippen molar-refractivity contribution < 1.29 is 19.3 Å². The summed E-state index contributed by atoms with van der Waals surface area (Å²) in [4.78, 5) is 12.6. The first kappa shape index (κ1) is 19.8. The molecule has 0 aliphatic carbocycles. The van der Waals surface area contributed by atoms with Crippen LogP contribution < -0.4 is 15.9 Å². The van der Waals surface area contributed by atoms with Crippen LogP contribution in [0.25, 0.3) is 5.82 Å². The van der Waals surface area contributed by atoms with Crippen molar-refractivity contribution >= 4 is 17.4 Å². The lowest BCUT2D eigenvalue weighted by molar-refractivity contribution is 0.0948. The minimum absolute atomic E-state index is 0.00975. The van der Waals surface area contributed by atoms with Crippen LogP contribution >= 0.6 is 0 Å². The summed E-state index contributed by atoms with van der Waals surface area (Å²) in [6.45, 7) is 3.65. The molecule has 0 aliphatic rings. The molecule has 0 radical (unpaired) electrons. The topological polar surface area (TPSA) is 167 Å². The van der Waals surface area contributed by atoms with Crippen LogP contribution in [0.3, 0.4) is 0 Å². The number of nitrogens with two attached hydrogens (primary N) is 1. The van der Waals surface area contributed by atoms with Crippen LogP contribution in [0, 0.1) is 0 Å². The lowest BCUT2D eigenvalue weighted by Gasteiger charge is -2.07. The Morgan fingerprint density at radius 2 is 2.21 bits per heavy atom. The Morgan fingerprint density at radius 3 is 2.86 bits per heavy atom. The summed E-state index contributed by atoms with van der Waals surface area (Å²) in [5.74, 6) is -0.0315. The molecule has 152 valence electrons. The van der Waals surface area contributed by atoms with Gasteiger partial charge in [0, 0.05) is 5.56 Å². The third-order valence-electron chi connectivity index (χ3n) is 4.08. The number of anilines is 1. The number of methoxy groups -OCH3 is 1. The maximum atomic E-state index is 12.6. The van der Waals surface area contributed by atoms with Gasteiger partial charge in [0.2, 0.25) is 11.6 Å². The van der Waals surface area contributed by atoms with Crippen molar-refractivity contribution in [2.45, 2.75) is 26.7 Å². The molecule has 0 bridgehead atoms. The number of nitrogens with zero attached hydrogens (tertiary/aromatic N) is 6. The van der Waals surface area contributed by atoms with E-state index < -0.39 is 5.91 Å². The summed E-state index contributed by atoms with van der Waals surface area (Å²) < 4.78 is 11.0. The zero-order chi connectivity index (χ0) is 21.0. The molecule has 3 rings (SSSR count). The second-order valence-corrected chi connectivity index (χ2v) is 6.04. The van der Waals surface area contributed by atoms with Crippen LogP contribution in [-0.2, 0) is 6.42 Å². The molecule has 3 aromatic rings. The van der Waals surface area contributed by atoms with E-state index in [2.05, 4.69) is 35.8 Å². The number of phenolic OH excluding ortho intramolecular Hbond substituents is 1. The quantitative estimate of drug-likeness (QED) is 0.388. The van der Waals surface area contributed by atoms with E-state index in [1.807, 2.05) is 6.92 Å². The fourth-order valence-electron chi connectivity index (χ4n) is 2.60. The van der Waals surface area contributed by atoms with Crippen LogP contribution in [0.4, 0.5) is 5.82 Å². The molecule has 12 nitrogen and oxygen atoms in total. The number of hydrogen-bond acceptors (Lipinski definition) is 10. The first-order chi connectivity index (χ1) is 14.0. The van der Waals surface area contributed by atoms with Crippen LogP contribution in [0.5, 0.6) is 11.5 Å². The maximum Gasteiger partial charge on any atom is 0.293 e. The molecule has 0 saturated heterocycles. The fourth-order valence-corrected chi connectivity index (χ4v) is 2.60. The van der Waals surface area contributed by atoms with E-state index in [1.54, 1.807) is 19.1 Å². The van der Waals surface area contributed by atoms with Crippen molar-refractivity contribution in [2.75, 3.05) is 12.8 Å². The molecule has 1 amide bonds. The van der Waals surface area contributed by atoms with E-state index >= 15 is 0 Å². The zero-order valence-corrected chi connectivity index (χ0v) is 16.1. The zero-order valence-electron chi connectivity index (χ0n) is 16.1. The number of nitrogens with one attached hydrogen (secondary N) is 1. The number of benzene rings is 1. The number of phenols is 1. The van der Waals surface area contributed by atoms with Gasteiger partial charge in [-0.1, -0.05) is 18.6 Å². The van der Waals surface area contributed by atoms with E-state index in [9.17, 15) is 9.90 Å². The molecule has 2 heterocycles. The highest BCUT2D eigenvalue weighted by molar-refractivity contribution is 6.01. The van der Waals surface area contributed by atoms with E-state index in [0.717, 1.165) is 6.42 Å². The van der Waals surface area contributed by atoms with Gasteiger partial charge in [-0.25, -0.2) is 10.1 Å². The number of amides is 1. The van der Waals surface area contributed by atoms with E-state index in [0.29, 0.717) is 29.1 Å². The number of aromatic nitrogens is 5. The summed E-state index contributed by atoms with van der Waals surface area (Å²) in [6, 6.07) is 4.75. The largest absolute Gasteiger partial charge is 0.504 e. The number of rotatable bonds is 7. The molecule has 0 unspecified atom stereocenters. The lowest BCUT2D eigenvalue weighted by atomic mass is 10.1. The predicted octanol–water partition coefficient (Wildman–Crippen LogP) is 1.05. The predicted molar refractivity (Wildman–Crippen MR) is 102 cm³/mol. The summed E-state index contributed by atoms with van der Waals surface area (Å²) in [5, 5.41) is 28.9. The standard InChI is InChI=1S/C17H20N8O4/c1-4-5-11-14(20-24-25(11)16-15(18)22-29-23-16)17(27)21-19-9(2)10-6-7-12(26)13(8-10)28-3/h6-8,26H,4-5H2,1-3H3,(H2,18,22)(H,21,27). The highest BCUT2D eigenvalue weighted by Gasteiger charge is 2.23. The van der Waals surface area contributed by atoms with Gasteiger partial charge in [0.15, 0.2) is 17.2 Å². The third kappa shape index (κ3) is 4.00. The number of aromatic hydroxyl groups is 1. The normalized spacial score (nSPS) is 11.5. The van der Waals surface area contributed by atoms with Crippen molar-refractivity contribution in [3.8, 4) is 17.3 Å². The second-order valence-electron chi connectivity index (χ2n) is 6.04. The van der Waals surface area contributed by atoms with Crippen LogP contribution in [0.1, 0.15) is 42.0 Å². The number of carbonyl (C=O) groups is 1. The summed E-state index contributed by atoms with van der Waals surface area (Å²) >= 11 is 0. The van der Waals surface area contributed by atoms with Gasteiger partial charge in [-0.2, -0.15) is 9.78 Å². The molecule has 29 heavy (non-hydrogen) atoms. The van der Waals surface area contributed by atoms with Crippen LogP contribution in [0.15, 0.2) is 27.9 Å². The SMILES string of the molecule is CCCc1c(C(=O)NN=C(C)c2ccc(O)c(OC)c2)nnn1-c1nonc1N. The van der Waals surface area contributed by atoms with Gasteiger partial charge < -0.3 is 15.6 Å². The molecular weight excluding hydrogens is 380 g/mol. The van der Waals surface area contributed by atoms with Crippen LogP contribution in [-0.4, -0.2) is 49.1 Å². The third-order valence-corrected chi connectivity index (χ3v) is 4.08. The average molecular weight is 400 g/mol. The van der Waals surface area contributed by atoms with Gasteiger partial charge in [0.1, 0.15) is 0 Å². The van der Waals surface area contributed by atoms with Crippen molar-refractivity contribution in [1.29, 1.82) is 0 Å². The maximum absolute atomic E-state index is 12.6. The van der Waals surface area contributed by atoms with Gasteiger partial charge in [0.25, 0.3) is 5.91 Å². The van der Waals surface area contributed by atoms with Crippen molar-refractivity contribution in [3.05, 3.63) is 35.2 Å². The van der Waals surface area contributed by atoms with Gasteiger partial charge >= 0.3 is 0 Å². The van der Waals surface area contributed by atoms with E-state index in [4.69, 9.17) is 10.5 Å². The Labute approximate surface area is 165 Å². The molecule has 2 aromatic heterocycles. The van der Waals surface area contributed by atoms with Gasteiger partial charge in [-0.05, 0) is 41.9 Å². The average Bonchev–Trinajstić information content (AvgIpc) is 3.32. The molecule has 0 saturated carbocycles. The lowest BCUT2D eigenvalue weighted by Crippen LogP contribution is -2.21.